The maximum Gasteiger partial charge on any atom is 0.416 e. The number of nitrogens with two attached hydrogens (primary N) is 1. The second-order valence-electron chi connectivity index (χ2n) is 3.99. The molecule has 0 aliphatic rings. The van der Waals surface area contributed by atoms with Crippen molar-refractivity contribution < 1.29 is 18.0 Å². The van der Waals surface area contributed by atoms with Crippen LogP contribution in [0, 0.1) is 0 Å². The number of aromatic nitrogens is 2. The summed E-state index contributed by atoms with van der Waals surface area (Å²) in [7, 11) is 0. The Bertz CT molecular complexity index is 740. The van der Waals surface area contributed by atoms with E-state index in [1.165, 1.54) is 12.1 Å². The minimum atomic E-state index is -4.51. The lowest BCUT2D eigenvalue weighted by atomic mass is 10.2. The number of halogens is 3. The lowest BCUT2D eigenvalue weighted by Crippen LogP contribution is -2.35. The molecule has 2 aromatic rings. The van der Waals surface area contributed by atoms with E-state index in [9.17, 15) is 22.8 Å². The smallest absolute Gasteiger partial charge is 0.289 e. The van der Waals surface area contributed by atoms with Crippen molar-refractivity contribution in [2.45, 2.75) is 6.18 Å². The third-order valence-electron chi connectivity index (χ3n) is 2.59. The van der Waals surface area contributed by atoms with Gasteiger partial charge in [-0.3, -0.25) is 15.0 Å². The van der Waals surface area contributed by atoms with E-state index >= 15 is 0 Å². The van der Waals surface area contributed by atoms with Gasteiger partial charge in [-0.25, -0.2) is 10.5 Å². The molecule has 0 atom stereocenters. The van der Waals surface area contributed by atoms with E-state index in [1.807, 2.05) is 0 Å². The van der Waals surface area contributed by atoms with Crippen LogP contribution in [0.15, 0.2) is 41.3 Å². The first-order valence-corrected chi connectivity index (χ1v) is 5.61. The number of nitrogens with one attached hydrogen (secondary N) is 1. The van der Waals surface area contributed by atoms with Crippen LogP contribution in [0.3, 0.4) is 0 Å². The molecule has 110 valence electrons. The number of alkyl halides is 3. The zero-order valence-corrected chi connectivity index (χ0v) is 10.4. The maximum absolute atomic E-state index is 12.6. The fourth-order valence-corrected chi connectivity index (χ4v) is 1.60. The Hall–Kier alpha value is -2.68. The summed E-state index contributed by atoms with van der Waals surface area (Å²) in [6, 6.07) is 5.32. The van der Waals surface area contributed by atoms with Crippen LogP contribution in [0.2, 0.25) is 0 Å². The van der Waals surface area contributed by atoms with Crippen LogP contribution < -0.4 is 16.7 Å². The monoisotopic (exact) mass is 298 g/mol. The number of nitrogens with zero attached hydrogens (tertiary/aromatic N) is 2. The average molecular weight is 298 g/mol. The molecule has 1 amide bonds. The van der Waals surface area contributed by atoms with Crippen LogP contribution in [0.1, 0.15) is 16.1 Å². The topological polar surface area (TPSA) is 90.0 Å². The summed E-state index contributed by atoms with van der Waals surface area (Å²) < 4.78 is 38.9. The zero-order chi connectivity index (χ0) is 15.6. The number of carbonyl (C=O) groups excluding carboxylic acids is 1. The van der Waals surface area contributed by atoms with Crippen molar-refractivity contribution in [3.63, 3.8) is 0 Å². The van der Waals surface area contributed by atoms with E-state index in [0.29, 0.717) is 0 Å². The maximum atomic E-state index is 12.6. The third kappa shape index (κ3) is 3.08. The molecule has 3 N–H and O–H groups in total. The molecule has 0 saturated heterocycles. The molecule has 21 heavy (non-hydrogen) atoms. The van der Waals surface area contributed by atoms with E-state index in [0.717, 1.165) is 29.1 Å². The summed E-state index contributed by atoms with van der Waals surface area (Å²) in [5.74, 6) is 3.98. The van der Waals surface area contributed by atoms with Crippen molar-refractivity contribution >= 4 is 5.91 Å². The molecular formula is C12H9F3N4O2. The van der Waals surface area contributed by atoms with E-state index in [4.69, 9.17) is 5.84 Å². The van der Waals surface area contributed by atoms with Crippen LogP contribution >= 0.6 is 0 Å². The molecule has 9 heteroatoms. The number of nitrogen functional groups attached to an aromatic ring is 1. The molecule has 0 bridgehead atoms. The minimum Gasteiger partial charge on any atom is -0.289 e. The van der Waals surface area contributed by atoms with Gasteiger partial charge >= 0.3 is 6.18 Å². The van der Waals surface area contributed by atoms with Gasteiger partial charge in [0.2, 0.25) is 5.43 Å². The van der Waals surface area contributed by atoms with Crippen LogP contribution in [-0.4, -0.2) is 15.7 Å². The molecule has 0 fully saturated rings. The molecule has 0 unspecified atom stereocenters. The SMILES string of the molecule is NNC(=O)c1nn(-c2cccc(C(F)(F)F)c2)ccc1=O. The Labute approximate surface area is 116 Å². The van der Waals surface area contributed by atoms with Crippen molar-refractivity contribution in [2.75, 3.05) is 0 Å². The van der Waals surface area contributed by atoms with Gasteiger partial charge in [-0.05, 0) is 18.2 Å². The molecule has 1 aromatic carbocycles. The first-order chi connectivity index (χ1) is 9.82. The number of hydrazine groups is 1. The second kappa shape index (κ2) is 5.37. The largest absolute Gasteiger partial charge is 0.416 e. The highest BCUT2D eigenvalue weighted by atomic mass is 19.4. The standard InChI is InChI=1S/C12H9F3N4O2/c13-12(14,15)7-2-1-3-8(6-7)19-5-4-9(20)10(18-19)11(21)17-16/h1-6H,16H2,(H,17,21). The molecular weight excluding hydrogens is 289 g/mol. The fourth-order valence-electron chi connectivity index (χ4n) is 1.60. The summed E-state index contributed by atoms with van der Waals surface area (Å²) >= 11 is 0. The van der Waals surface area contributed by atoms with E-state index < -0.39 is 28.8 Å². The highest BCUT2D eigenvalue weighted by molar-refractivity contribution is 5.91. The fraction of sp³-hybridized carbons (Fsp3) is 0.0833. The first kappa shape index (κ1) is 14.7. The lowest BCUT2D eigenvalue weighted by molar-refractivity contribution is -0.137. The van der Waals surface area contributed by atoms with Crippen molar-refractivity contribution in [3.05, 3.63) is 58.0 Å². The number of rotatable bonds is 2. The number of benzene rings is 1. The van der Waals surface area contributed by atoms with Crippen LogP contribution in [-0.2, 0) is 6.18 Å². The Morgan fingerprint density at radius 2 is 2.00 bits per heavy atom. The molecule has 1 heterocycles. The number of amides is 1. The molecule has 0 radical (unpaired) electrons. The second-order valence-corrected chi connectivity index (χ2v) is 3.99. The summed E-state index contributed by atoms with van der Waals surface area (Å²) in [6.45, 7) is 0. The summed E-state index contributed by atoms with van der Waals surface area (Å²) in [5, 5.41) is 3.68. The molecule has 0 aliphatic heterocycles. The van der Waals surface area contributed by atoms with Gasteiger partial charge in [-0.15, -0.1) is 0 Å². The molecule has 2 rings (SSSR count). The van der Waals surface area contributed by atoms with Crippen molar-refractivity contribution in [1.82, 2.24) is 15.2 Å². The van der Waals surface area contributed by atoms with Gasteiger partial charge in [0.05, 0.1) is 11.3 Å². The predicted octanol–water partition coefficient (Wildman–Crippen LogP) is 0.855. The third-order valence-corrected chi connectivity index (χ3v) is 2.59. The Kier molecular flexibility index (Phi) is 3.76. The highest BCUT2D eigenvalue weighted by Gasteiger charge is 2.30. The van der Waals surface area contributed by atoms with Gasteiger partial charge in [-0.1, -0.05) is 6.07 Å². The van der Waals surface area contributed by atoms with Gasteiger partial charge in [0.15, 0.2) is 5.69 Å². The Morgan fingerprint density at radius 3 is 2.62 bits per heavy atom. The average Bonchev–Trinajstić information content (AvgIpc) is 2.46. The first-order valence-electron chi connectivity index (χ1n) is 5.61. The molecule has 1 aromatic heterocycles. The van der Waals surface area contributed by atoms with Gasteiger partial charge in [0.1, 0.15) is 0 Å². The normalized spacial score (nSPS) is 11.2. The zero-order valence-electron chi connectivity index (χ0n) is 10.4. The van der Waals surface area contributed by atoms with Crippen molar-refractivity contribution in [3.8, 4) is 5.69 Å². The Morgan fingerprint density at radius 1 is 1.29 bits per heavy atom. The van der Waals surface area contributed by atoms with Crippen molar-refractivity contribution in [1.29, 1.82) is 0 Å². The van der Waals surface area contributed by atoms with Gasteiger partial charge < -0.3 is 0 Å². The number of hydrogen-bond acceptors (Lipinski definition) is 4. The molecule has 6 nitrogen and oxygen atoms in total. The summed E-state index contributed by atoms with van der Waals surface area (Å²) in [6.07, 6.45) is -3.35. The van der Waals surface area contributed by atoms with Crippen LogP contribution in [0.4, 0.5) is 13.2 Å². The van der Waals surface area contributed by atoms with Gasteiger partial charge in [0, 0.05) is 12.3 Å². The quantitative estimate of drug-likeness (QED) is 0.489. The van der Waals surface area contributed by atoms with E-state index in [1.54, 1.807) is 5.43 Å². The lowest BCUT2D eigenvalue weighted by Gasteiger charge is -2.10. The van der Waals surface area contributed by atoms with E-state index in [2.05, 4.69) is 5.10 Å². The number of carbonyl (C=O) groups is 1. The minimum absolute atomic E-state index is 0.0518. The van der Waals surface area contributed by atoms with Crippen LogP contribution in [0.5, 0.6) is 0 Å². The van der Waals surface area contributed by atoms with Crippen LogP contribution in [0.25, 0.3) is 5.69 Å². The number of hydrogen-bond donors (Lipinski definition) is 2. The van der Waals surface area contributed by atoms with E-state index in [-0.39, 0.29) is 5.69 Å². The highest BCUT2D eigenvalue weighted by Crippen LogP contribution is 2.30. The van der Waals surface area contributed by atoms with Gasteiger partial charge in [-0.2, -0.15) is 18.3 Å². The Balaban J connectivity index is 2.53. The van der Waals surface area contributed by atoms with Gasteiger partial charge in [0.25, 0.3) is 5.91 Å². The van der Waals surface area contributed by atoms with Crippen molar-refractivity contribution in [2.24, 2.45) is 5.84 Å². The molecule has 0 aliphatic carbocycles. The summed E-state index contributed by atoms with van der Waals surface area (Å²) in [5.41, 5.74) is -0.286. The summed E-state index contributed by atoms with van der Waals surface area (Å²) in [4.78, 5) is 22.8. The molecule has 0 spiro atoms. The molecule has 0 saturated carbocycles. The predicted molar refractivity (Wildman–Crippen MR) is 66.5 cm³/mol.